The summed E-state index contributed by atoms with van der Waals surface area (Å²) >= 11 is 0. The van der Waals surface area contributed by atoms with Crippen molar-refractivity contribution in [2.45, 2.75) is 32.7 Å². The molecule has 1 aromatic rings. The van der Waals surface area contributed by atoms with Gasteiger partial charge >= 0.3 is 0 Å². The minimum Gasteiger partial charge on any atom is -0.370 e. The van der Waals surface area contributed by atoms with Crippen molar-refractivity contribution >= 4 is 5.69 Å². The van der Waals surface area contributed by atoms with E-state index in [1.807, 2.05) is 0 Å². The van der Waals surface area contributed by atoms with Crippen LogP contribution in [0.4, 0.5) is 5.69 Å². The molecule has 0 spiro atoms. The summed E-state index contributed by atoms with van der Waals surface area (Å²) < 4.78 is 0. The lowest BCUT2D eigenvalue weighted by atomic mass is 10.2. The van der Waals surface area contributed by atoms with Gasteiger partial charge in [-0.2, -0.15) is 0 Å². The molecule has 2 rings (SSSR count). The highest BCUT2D eigenvalue weighted by Crippen LogP contribution is 2.20. The molecule has 1 fully saturated rings. The van der Waals surface area contributed by atoms with Crippen LogP contribution in [-0.2, 0) is 0 Å². The Morgan fingerprint density at radius 1 is 1.31 bits per heavy atom. The Kier molecular flexibility index (Phi) is 3.83. The molecule has 2 nitrogen and oxygen atoms in total. The molecular formula is C14H22N2. The summed E-state index contributed by atoms with van der Waals surface area (Å²) in [4.78, 5) is 2.45. The van der Waals surface area contributed by atoms with E-state index in [1.54, 1.807) is 0 Å². The lowest BCUT2D eigenvalue weighted by Gasteiger charge is -2.25. The highest BCUT2D eigenvalue weighted by atomic mass is 15.1. The maximum atomic E-state index is 3.57. The molecule has 1 aliphatic rings. The fourth-order valence-corrected chi connectivity index (χ4v) is 2.06. The van der Waals surface area contributed by atoms with Gasteiger partial charge in [0, 0.05) is 31.4 Å². The quantitative estimate of drug-likeness (QED) is 0.789. The summed E-state index contributed by atoms with van der Waals surface area (Å²) in [6.07, 6.45) is 2.74. The van der Waals surface area contributed by atoms with Crippen LogP contribution < -0.4 is 10.2 Å². The lowest BCUT2D eigenvalue weighted by Crippen LogP contribution is -2.33. The van der Waals surface area contributed by atoms with Crippen molar-refractivity contribution < 1.29 is 0 Å². The van der Waals surface area contributed by atoms with Crippen molar-refractivity contribution in [1.82, 2.24) is 5.32 Å². The molecule has 16 heavy (non-hydrogen) atoms. The average Bonchev–Trinajstić information content (AvgIpc) is 3.10. The first kappa shape index (κ1) is 11.5. The Labute approximate surface area is 98.7 Å². The normalized spacial score (nSPS) is 15.1. The molecule has 1 saturated carbocycles. The van der Waals surface area contributed by atoms with Crippen LogP contribution in [0.2, 0.25) is 0 Å². The number of hydrogen-bond donors (Lipinski definition) is 1. The predicted molar refractivity (Wildman–Crippen MR) is 70.1 cm³/mol. The molecule has 0 saturated heterocycles. The van der Waals surface area contributed by atoms with E-state index in [2.05, 4.69) is 48.3 Å². The summed E-state index contributed by atoms with van der Waals surface area (Å²) in [6, 6.07) is 9.45. The number of benzene rings is 1. The molecule has 1 aromatic carbocycles. The topological polar surface area (TPSA) is 15.3 Å². The van der Waals surface area contributed by atoms with Gasteiger partial charge in [0.1, 0.15) is 0 Å². The number of para-hydroxylation sites is 1. The monoisotopic (exact) mass is 218 g/mol. The lowest BCUT2D eigenvalue weighted by molar-refractivity contribution is 0.661. The fourth-order valence-electron chi connectivity index (χ4n) is 2.06. The van der Waals surface area contributed by atoms with Crippen molar-refractivity contribution in [1.29, 1.82) is 0 Å². The van der Waals surface area contributed by atoms with E-state index in [-0.39, 0.29) is 0 Å². The van der Waals surface area contributed by atoms with Crippen LogP contribution in [0.1, 0.15) is 25.3 Å². The van der Waals surface area contributed by atoms with Crippen LogP contribution in [0.5, 0.6) is 0 Å². The van der Waals surface area contributed by atoms with Gasteiger partial charge < -0.3 is 10.2 Å². The maximum Gasteiger partial charge on any atom is 0.0396 e. The minimum atomic E-state index is 0.815. The third kappa shape index (κ3) is 2.99. The van der Waals surface area contributed by atoms with E-state index in [9.17, 15) is 0 Å². The van der Waals surface area contributed by atoms with Crippen molar-refractivity contribution in [3.8, 4) is 0 Å². The largest absolute Gasteiger partial charge is 0.370 e. The zero-order valence-electron chi connectivity index (χ0n) is 10.4. The summed E-state index contributed by atoms with van der Waals surface area (Å²) in [5, 5.41) is 3.57. The fraction of sp³-hybridized carbons (Fsp3) is 0.571. The molecule has 0 bridgehead atoms. The number of aryl methyl sites for hydroxylation is 1. The van der Waals surface area contributed by atoms with E-state index >= 15 is 0 Å². The van der Waals surface area contributed by atoms with Gasteiger partial charge in [-0.15, -0.1) is 0 Å². The van der Waals surface area contributed by atoms with Crippen LogP contribution in [0.25, 0.3) is 0 Å². The van der Waals surface area contributed by atoms with Crippen molar-refractivity contribution in [3.05, 3.63) is 29.8 Å². The SMILES string of the molecule is CCN(CCNC1CC1)c1ccccc1C. The first-order valence-electron chi connectivity index (χ1n) is 6.35. The Morgan fingerprint density at radius 3 is 2.69 bits per heavy atom. The molecule has 0 atom stereocenters. The van der Waals surface area contributed by atoms with Crippen molar-refractivity contribution in [3.63, 3.8) is 0 Å². The molecule has 0 radical (unpaired) electrons. The second-order valence-electron chi connectivity index (χ2n) is 4.59. The molecule has 1 aliphatic carbocycles. The van der Waals surface area contributed by atoms with Crippen molar-refractivity contribution in [2.24, 2.45) is 0 Å². The Morgan fingerprint density at radius 2 is 2.06 bits per heavy atom. The highest BCUT2D eigenvalue weighted by Gasteiger charge is 2.20. The maximum absolute atomic E-state index is 3.57. The summed E-state index contributed by atoms with van der Waals surface area (Å²) in [5.41, 5.74) is 2.75. The van der Waals surface area contributed by atoms with Gasteiger partial charge in [-0.25, -0.2) is 0 Å². The number of anilines is 1. The molecule has 0 amide bonds. The number of rotatable bonds is 6. The van der Waals surface area contributed by atoms with E-state index in [0.29, 0.717) is 0 Å². The van der Waals surface area contributed by atoms with E-state index < -0.39 is 0 Å². The molecule has 88 valence electrons. The van der Waals surface area contributed by atoms with Gasteiger partial charge in [-0.1, -0.05) is 18.2 Å². The van der Waals surface area contributed by atoms with Gasteiger partial charge in [-0.05, 0) is 38.3 Å². The summed E-state index contributed by atoms with van der Waals surface area (Å²) in [7, 11) is 0. The molecule has 2 heteroatoms. The Hall–Kier alpha value is -1.02. The zero-order chi connectivity index (χ0) is 11.4. The van der Waals surface area contributed by atoms with Crippen LogP contribution in [-0.4, -0.2) is 25.7 Å². The molecular weight excluding hydrogens is 196 g/mol. The first-order valence-corrected chi connectivity index (χ1v) is 6.35. The highest BCUT2D eigenvalue weighted by molar-refractivity contribution is 5.52. The standard InChI is InChI=1S/C14H22N2/c1-3-16(11-10-15-13-8-9-13)14-7-5-4-6-12(14)2/h4-7,13,15H,3,8-11H2,1-2H3. The van der Waals surface area contributed by atoms with Gasteiger partial charge in [0.25, 0.3) is 0 Å². The van der Waals surface area contributed by atoms with Crippen LogP contribution in [0.3, 0.4) is 0 Å². The summed E-state index contributed by atoms with van der Waals surface area (Å²) in [6.45, 7) is 7.71. The number of hydrogen-bond acceptors (Lipinski definition) is 2. The average molecular weight is 218 g/mol. The molecule has 0 aromatic heterocycles. The zero-order valence-corrected chi connectivity index (χ0v) is 10.4. The second-order valence-corrected chi connectivity index (χ2v) is 4.59. The van der Waals surface area contributed by atoms with Gasteiger partial charge in [-0.3, -0.25) is 0 Å². The van der Waals surface area contributed by atoms with Gasteiger partial charge in [0.05, 0.1) is 0 Å². The van der Waals surface area contributed by atoms with Gasteiger partial charge in [0.2, 0.25) is 0 Å². The van der Waals surface area contributed by atoms with Gasteiger partial charge in [0.15, 0.2) is 0 Å². The second kappa shape index (κ2) is 5.35. The molecule has 0 aliphatic heterocycles. The number of nitrogens with one attached hydrogen (secondary N) is 1. The Bertz CT molecular complexity index is 331. The summed E-state index contributed by atoms with van der Waals surface area (Å²) in [5.74, 6) is 0. The van der Waals surface area contributed by atoms with E-state index in [1.165, 1.54) is 24.1 Å². The van der Waals surface area contributed by atoms with E-state index in [0.717, 1.165) is 25.7 Å². The van der Waals surface area contributed by atoms with E-state index in [4.69, 9.17) is 0 Å². The van der Waals surface area contributed by atoms with Crippen molar-refractivity contribution in [2.75, 3.05) is 24.5 Å². The minimum absolute atomic E-state index is 0.815. The number of nitrogens with zero attached hydrogens (tertiary/aromatic N) is 1. The third-order valence-corrected chi connectivity index (χ3v) is 3.23. The van der Waals surface area contributed by atoms with Crippen LogP contribution in [0.15, 0.2) is 24.3 Å². The Balaban J connectivity index is 1.90. The third-order valence-electron chi connectivity index (χ3n) is 3.23. The molecule has 0 heterocycles. The predicted octanol–water partition coefficient (Wildman–Crippen LogP) is 2.57. The van der Waals surface area contributed by atoms with Crippen LogP contribution >= 0.6 is 0 Å². The van der Waals surface area contributed by atoms with Crippen LogP contribution in [0, 0.1) is 6.92 Å². The first-order chi connectivity index (χ1) is 7.81. The molecule has 0 unspecified atom stereocenters. The molecule has 1 N–H and O–H groups in total. The smallest absolute Gasteiger partial charge is 0.0396 e. The number of likely N-dealkylation sites (N-methyl/N-ethyl adjacent to an activating group) is 1.